The predicted octanol–water partition coefficient (Wildman–Crippen LogP) is 15.9. The van der Waals surface area contributed by atoms with Crippen LogP contribution in [0.5, 0.6) is 0 Å². The topological polar surface area (TPSA) is 21.3 Å². The predicted molar refractivity (Wildman–Crippen MR) is 247 cm³/mol. The maximum absolute atomic E-state index is 6.38. The number of anilines is 3. The van der Waals surface area contributed by atoms with Gasteiger partial charge in [0.2, 0.25) is 0 Å². The third kappa shape index (κ3) is 5.12. The average Bonchev–Trinajstić information content (AvgIpc) is 3.97. The van der Waals surface area contributed by atoms with E-state index in [1.165, 1.54) is 58.7 Å². The summed E-state index contributed by atoms with van der Waals surface area (Å²) < 4.78 is 11.4. The van der Waals surface area contributed by atoms with Gasteiger partial charge in [-0.1, -0.05) is 127 Å². The monoisotopic (exact) mass is 758 g/mol. The second-order valence-corrected chi connectivity index (χ2v) is 15.9. The Morgan fingerprint density at radius 3 is 1.78 bits per heavy atom. The van der Waals surface area contributed by atoms with Gasteiger partial charge in [0, 0.05) is 59.1 Å². The molecule has 9 aromatic carbocycles. The van der Waals surface area contributed by atoms with Crippen LogP contribution in [-0.4, -0.2) is 4.57 Å². The van der Waals surface area contributed by atoms with E-state index in [0.717, 1.165) is 50.2 Å². The molecule has 4 heteroatoms. The van der Waals surface area contributed by atoms with Crippen LogP contribution in [0.4, 0.5) is 17.1 Å². The number of hydrogen-bond acceptors (Lipinski definition) is 3. The fourth-order valence-corrected chi connectivity index (χ4v) is 10.2. The van der Waals surface area contributed by atoms with Crippen molar-refractivity contribution in [2.24, 2.45) is 0 Å². The lowest BCUT2D eigenvalue weighted by Gasteiger charge is -2.26. The van der Waals surface area contributed by atoms with Gasteiger partial charge in [0.15, 0.2) is 0 Å². The molecule has 0 aliphatic heterocycles. The van der Waals surface area contributed by atoms with Crippen molar-refractivity contribution in [3.63, 3.8) is 0 Å². The first-order valence-corrected chi connectivity index (χ1v) is 20.5. The number of aromatic nitrogens is 1. The number of thiophene rings is 1. The second-order valence-electron chi connectivity index (χ2n) is 14.9. The molecule has 12 rings (SSSR count). The Morgan fingerprint density at radius 1 is 0.397 bits per heavy atom. The molecule has 3 aromatic heterocycles. The maximum atomic E-state index is 6.38. The largest absolute Gasteiger partial charge is 0.456 e. The molecule has 0 saturated carbocycles. The van der Waals surface area contributed by atoms with E-state index in [2.05, 4.69) is 210 Å². The number of rotatable bonds is 6. The Morgan fingerprint density at radius 2 is 1.00 bits per heavy atom. The fraction of sp³-hybridized carbons (Fsp3) is 0. The van der Waals surface area contributed by atoms with E-state index in [0.29, 0.717) is 0 Å². The van der Waals surface area contributed by atoms with Gasteiger partial charge in [-0.15, -0.1) is 11.3 Å². The van der Waals surface area contributed by atoms with Crippen LogP contribution in [0.1, 0.15) is 0 Å². The third-order valence-corrected chi connectivity index (χ3v) is 12.8. The van der Waals surface area contributed by atoms with Crippen molar-refractivity contribution >= 4 is 92.3 Å². The van der Waals surface area contributed by atoms with Crippen LogP contribution >= 0.6 is 11.3 Å². The first kappa shape index (κ1) is 32.8. The summed E-state index contributed by atoms with van der Waals surface area (Å²) in [6.45, 7) is 0. The summed E-state index contributed by atoms with van der Waals surface area (Å²) in [6, 6.07) is 74.3. The van der Waals surface area contributed by atoms with Gasteiger partial charge in [-0.05, 0) is 101 Å². The number of nitrogens with zero attached hydrogens (tertiary/aromatic N) is 2. The van der Waals surface area contributed by atoms with Gasteiger partial charge in [-0.2, -0.15) is 0 Å². The van der Waals surface area contributed by atoms with E-state index in [9.17, 15) is 0 Å². The van der Waals surface area contributed by atoms with Crippen LogP contribution in [0.15, 0.2) is 211 Å². The Balaban J connectivity index is 0.997. The van der Waals surface area contributed by atoms with Crippen molar-refractivity contribution < 1.29 is 4.42 Å². The van der Waals surface area contributed by atoms with E-state index in [4.69, 9.17) is 4.42 Å². The van der Waals surface area contributed by atoms with Gasteiger partial charge in [0.05, 0.1) is 16.4 Å². The Bertz CT molecular complexity index is 3480. The van der Waals surface area contributed by atoms with Crippen LogP contribution in [0.2, 0.25) is 0 Å². The highest BCUT2D eigenvalue weighted by Crippen LogP contribution is 2.44. The molecule has 0 aliphatic carbocycles. The van der Waals surface area contributed by atoms with Crippen molar-refractivity contribution in [3.05, 3.63) is 206 Å². The zero-order valence-electron chi connectivity index (χ0n) is 31.3. The van der Waals surface area contributed by atoms with Crippen LogP contribution in [0, 0.1) is 0 Å². The van der Waals surface area contributed by atoms with E-state index in [-0.39, 0.29) is 0 Å². The summed E-state index contributed by atoms with van der Waals surface area (Å²) in [7, 11) is 0. The van der Waals surface area contributed by atoms with Gasteiger partial charge < -0.3 is 13.9 Å². The van der Waals surface area contributed by atoms with E-state index < -0.39 is 0 Å². The highest BCUT2D eigenvalue weighted by Gasteiger charge is 2.20. The summed E-state index contributed by atoms with van der Waals surface area (Å²) in [5.74, 6) is 0. The van der Waals surface area contributed by atoms with Crippen LogP contribution in [0.25, 0.3) is 91.9 Å². The van der Waals surface area contributed by atoms with Crippen LogP contribution in [-0.2, 0) is 0 Å². The molecular formula is C54H34N2OS. The normalized spacial score (nSPS) is 11.8. The lowest BCUT2D eigenvalue weighted by Crippen LogP contribution is -2.10. The van der Waals surface area contributed by atoms with Gasteiger partial charge in [-0.3, -0.25) is 0 Å². The van der Waals surface area contributed by atoms with Crippen molar-refractivity contribution in [1.29, 1.82) is 0 Å². The zero-order chi connectivity index (χ0) is 38.2. The molecule has 0 amide bonds. The number of para-hydroxylation sites is 2. The summed E-state index contributed by atoms with van der Waals surface area (Å²) >= 11 is 1.87. The summed E-state index contributed by atoms with van der Waals surface area (Å²) in [6.07, 6.45) is 0. The molecule has 0 fully saturated rings. The first-order valence-electron chi connectivity index (χ1n) is 19.7. The number of hydrogen-bond donors (Lipinski definition) is 0. The summed E-state index contributed by atoms with van der Waals surface area (Å²) in [4.78, 5) is 2.36. The minimum Gasteiger partial charge on any atom is -0.456 e. The minimum atomic E-state index is 0.895. The highest BCUT2D eigenvalue weighted by atomic mass is 32.1. The molecule has 0 N–H and O–H groups in total. The van der Waals surface area contributed by atoms with Gasteiger partial charge in [0.1, 0.15) is 11.2 Å². The Hall–Kier alpha value is -7.40. The van der Waals surface area contributed by atoms with Crippen molar-refractivity contribution in [2.45, 2.75) is 0 Å². The van der Waals surface area contributed by atoms with Crippen molar-refractivity contribution in [1.82, 2.24) is 4.57 Å². The molecule has 3 heterocycles. The van der Waals surface area contributed by atoms with Crippen molar-refractivity contribution in [2.75, 3.05) is 4.90 Å². The zero-order valence-corrected chi connectivity index (χ0v) is 32.2. The molecule has 0 aliphatic rings. The maximum Gasteiger partial charge on any atom is 0.137 e. The lowest BCUT2D eigenvalue weighted by atomic mass is 10.0. The van der Waals surface area contributed by atoms with E-state index >= 15 is 0 Å². The van der Waals surface area contributed by atoms with Gasteiger partial charge in [0.25, 0.3) is 0 Å². The molecule has 0 atom stereocenters. The Labute approximate surface area is 338 Å². The quantitative estimate of drug-likeness (QED) is 0.168. The van der Waals surface area contributed by atoms with Gasteiger partial charge in [-0.25, -0.2) is 0 Å². The van der Waals surface area contributed by atoms with Crippen LogP contribution < -0.4 is 4.90 Å². The SMILES string of the molecule is c1ccc(-c2ccc(N(c3ccc(-c4cccc5c4sc4ccccc45)cc3)c3ccc(-n4c5ccccc5c5ccc6oc7ccccc7c6c54)cc3)cc2)cc1. The summed E-state index contributed by atoms with van der Waals surface area (Å²) in [5, 5.41) is 7.33. The standard InChI is InChI=1S/C54H34N2OS/c1-2-11-35(12-3-1)36-21-25-38(26-22-36)55(39-27-23-37(24-28-39)42-16-10-17-46-44-14-6-9-20-51(44)58-54(42)46)40-29-31-41(32-30-40)56-48-18-7-4-13-43(48)45-33-34-50-52(53(45)56)47-15-5-8-19-49(47)57-50/h1-34H. The molecule has 3 nitrogen and oxygen atoms in total. The molecule has 58 heavy (non-hydrogen) atoms. The highest BCUT2D eigenvalue weighted by molar-refractivity contribution is 7.26. The average molecular weight is 759 g/mol. The molecule has 0 radical (unpaired) electrons. The van der Waals surface area contributed by atoms with E-state index in [1.807, 2.05) is 17.4 Å². The molecule has 272 valence electrons. The number of fused-ring (bicyclic) bond motifs is 10. The fourth-order valence-electron chi connectivity index (χ4n) is 8.93. The smallest absolute Gasteiger partial charge is 0.137 e. The summed E-state index contributed by atoms with van der Waals surface area (Å²) in [5.41, 5.74) is 13.4. The molecule has 0 saturated heterocycles. The second kappa shape index (κ2) is 13.1. The third-order valence-electron chi connectivity index (χ3n) is 11.6. The molecule has 0 unspecified atom stereocenters. The first-order chi connectivity index (χ1) is 28.8. The number of furan rings is 1. The molecule has 0 spiro atoms. The van der Waals surface area contributed by atoms with E-state index in [1.54, 1.807) is 0 Å². The number of benzene rings is 9. The van der Waals surface area contributed by atoms with Crippen LogP contribution in [0.3, 0.4) is 0 Å². The van der Waals surface area contributed by atoms with Gasteiger partial charge >= 0.3 is 0 Å². The Kier molecular flexibility index (Phi) is 7.40. The molecule has 0 bridgehead atoms. The van der Waals surface area contributed by atoms with Crippen molar-refractivity contribution in [3.8, 4) is 27.9 Å². The molecule has 12 aromatic rings. The minimum absolute atomic E-state index is 0.895. The molecular weight excluding hydrogens is 725 g/mol. The lowest BCUT2D eigenvalue weighted by molar-refractivity contribution is 0.669.